The lowest BCUT2D eigenvalue weighted by atomic mass is 9.95. The lowest BCUT2D eigenvalue weighted by Gasteiger charge is -2.40. The maximum atomic E-state index is 14.1. The number of benzene rings is 3. The topological polar surface area (TPSA) is 80.0 Å². The van der Waals surface area contributed by atoms with Crippen molar-refractivity contribution in [3.8, 4) is 0 Å². The molecule has 238 valence electrons. The smallest absolute Gasteiger partial charge is 0.245 e. The van der Waals surface area contributed by atoms with Crippen molar-refractivity contribution in [2.45, 2.75) is 63.9 Å². The average molecular weight is 629 g/mol. The number of fused-ring (bicyclic) bond motifs is 1. The van der Waals surface area contributed by atoms with Crippen molar-refractivity contribution in [2.75, 3.05) is 44.2 Å². The van der Waals surface area contributed by atoms with Gasteiger partial charge in [-0.1, -0.05) is 66.2 Å². The number of halogens is 1. The zero-order chi connectivity index (χ0) is 31.3. The van der Waals surface area contributed by atoms with Gasteiger partial charge in [0.25, 0.3) is 0 Å². The summed E-state index contributed by atoms with van der Waals surface area (Å²) >= 11 is 6.14. The SMILES string of the molecule is C[C@@H]1CN(Cc2ccccc2N2CCN(C(=O)[C@@H](Cc3ccc(Cl)cc3)NC(=O)[C@@H]3Cc4ccccc4CN3)CC2)[C@@H](C)CN1. The second kappa shape index (κ2) is 14.3. The molecule has 8 nitrogen and oxygen atoms in total. The molecule has 0 saturated carbocycles. The fraction of sp³-hybridized carbons (Fsp3) is 0.444. The number of nitrogens with one attached hydrogen (secondary N) is 3. The fourth-order valence-electron chi connectivity index (χ4n) is 6.85. The number of anilines is 1. The van der Waals surface area contributed by atoms with Gasteiger partial charge >= 0.3 is 0 Å². The van der Waals surface area contributed by atoms with E-state index in [1.54, 1.807) is 0 Å². The summed E-state index contributed by atoms with van der Waals surface area (Å²) in [6.45, 7) is 10.8. The molecule has 45 heavy (non-hydrogen) atoms. The van der Waals surface area contributed by atoms with Crippen LogP contribution in [-0.4, -0.2) is 85.1 Å². The minimum atomic E-state index is -0.660. The Bertz CT molecular complexity index is 1470. The van der Waals surface area contributed by atoms with Crippen LogP contribution in [0, 0.1) is 0 Å². The number of carbonyl (C=O) groups excluding carboxylic acids is 2. The Kier molecular flexibility index (Phi) is 10.0. The Morgan fingerprint density at radius 3 is 2.40 bits per heavy atom. The van der Waals surface area contributed by atoms with Gasteiger partial charge in [0.2, 0.25) is 11.8 Å². The molecule has 3 aromatic carbocycles. The van der Waals surface area contributed by atoms with Gasteiger partial charge in [-0.2, -0.15) is 0 Å². The third kappa shape index (κ3) is 7.69. The first-order chi connectivity index (χ1) is 21.8. The van der Waals surface area contributed by atoms with Crippen LogP contribution >= 0.6 is 11.6 Å². The van der Waals surface area contributed by atoms with Gasteiger partial charge in [0, 0.05) is 81.6 Å². The summed E-state index contributed by atoms with van der Waals surface area (Å²) in [5.41, 5.74) is 5.93. The highest BCUT2D eigenvalue weighted by Crippen LogP contribution is 2.25. The normalized spacial score (nSPS) is 22.9. The number of rotatable bonds is 8. The van der Waals surface area contributed by atoms with Crippen molar-refractivity contribution in [3.05, 3.63) is 100 Å². The summed E-state index contributed by atoms with van der Waals surface area (Å²) < 4.78 is 0. The molecule has 0 radical (unpaired) electrons. The van der Waals surface area contributed by atoms with E-state index in [9.17, 15) is 9.59 Å². The van der Waals surface area contributed by atoms with Crippen LogP contribution in [0.15, 0.2) is 72.8 Å². The lowest BCUT2D eigenvalue weighted by Crippen LogP contribution is -2.58. The van der Waals surface area contributed by atoms with Crippen LogP contribution in [0.1, 0.15) is 36.1 Å². The van der Waals surface area contributed by atoms with Crippen molar-refractivity contribution in [3.63, 3.8) is 0 Å². The van der Waals surface area contributed by atoms with Crippen molar-refractivity contribution < 1.29 is 9.59 Å². The Balaban J connectivity index is 1.12. The molecule has 9 heteroatoms. The second-order valence-electron chi connectivity index (χ2n) is 12.8. The standard InChI is InChI=1S/C36H45ClN6O2/c1-25-23-43(26(2)21-38-25)24-30-9-5-6-10-34(30)41-15-17-42(18-16-41)36(45)33(19-27-11-13-31(37)14-12-27)40-35(44)32-20-28-7-3-4-8-29(28)22-39-32/h3-14,25-26,32-33,38-39H,15-24H2,1-2H3,(H,40,44)/t25-,26+,32+,33-/m1/s1. The fourth-order valence-corrected chi connectivity index (χ4v) is 6.97. The molecule has 3 aliphatic heterocycles. The molecule has 2 fully saturated rings. The summed E-state index contributed by atoms with van der Waals surface area (Å²) in [4.78, 5) is 34.5. The number of para-hydroxylation sites is 1. The van der Waals surface area contributed by atoms with Gasteiger partial charge in [-0.25, -0.2) is 0 Å². The van der Waals surface area contributed by atoms with Gasteiger partial charge < -0.3 is 25.8 Å². The van der Waals surface area contributed by atoms with E-state index in [0.29, 0.717) is 49.6 Å². The second-order valence-corrected chi connectivity index (χ2v) is 13.3. The number of nitrogens with zero attached hydrogens (tertiary/aromatic N) is 3. The van der Waals surface area contributed by atoms with Gasteiger partial charge in [-0.15, -0.1) is 0 Å². The van der Waals surface area contributed by atoms with Crippen molar-refractivity contribution in [1.29, 1.82) is 0 Å². The molecule has 0 aliphatic carbocycles. The van der Waals surface area contributed by atoms with E-state index in [2.05, 4.69) is 76.0 Å². The van der Waals surface area contributed by atoms with E-state index in [4.69, 9.17) is 11.6 Å². The maximum Gasteiger partial charge on any atom is 0.245 e. The molecular weight excluding hydrogens is 584 g/mol. The molecule has 3 N–H and O–H groups in total. The van der Waals surface area contributed by atoms with E-state index in [1.165, 1.54) is 22.4 Å². The average Bonchev–Trinajstić information content (AvgIpc) is 3.07. The Morgan fingerprint density at radius 1 is 0.911 bits per heavy atom. The van der Waals surface area contributed by atoms with E-state index in [1.807, 2.05) is 41.3 Å². The summed E-state index contributed by atoms with van der Waals surface area (Å²) in [6, 6.07) is 24.3. The minimum absolute atomic E-state index is 0.0360. The van der Waals surface area contributed by atoms with Gasteiger partial charge in [0.15, 0.2) is 0 Å². The van der Waals surface area contributed by atoms with E-state index in [0.717, 1.165) is 38.3 Å². The summed E-state index contributed by atoms with van der Waals surface area (Å²) in [7, 11) is 0. The first-order valence-corrected chi connectivity index (χ1v) is 16.7. The molecule has 6 rings (SSSR count). The first kappa shape index (κ1) is 31.5. The highest BCUT2D eigenvalue weighted by atomic mass is 35.5. The van der Waals surface area contributed by atoms with Crippen molar-refractivity contribution in [1.82, 2.24) is 25.8 Å². The molecule has 0 unspecified atom stereocenters. The van der Waals surface area contributed by atoms with E-state index < -0.39 is 6.04 Å². The molecule has 0 bridgehead atoms. The zero-order valence-electron chi connectivity index (χ0n) is 26.3. The van der Waals surface area contributed by atoms with Gasteiger partial charge in [0.1, 0.15) is 6.04 Å². The molecule has 3 aliphatic rings. The largest absolute Gasteiger partial charge is 0.368 e. The van der Waals surface area contributed by atoms with Crippen molar-refractivity contribution in [2.24, 2.45) is 0 Å². The Labute approximate surface area is 272 Å². The number of hydrogen-bond acceptors (Lipinski definition) is 6. The van der Waals surface area contributed by atoms with E-state index >= 15 is 0 Å². The quantitative estimate of drug-likeness (QED) is 0.354. The summed E-state index contributed by atoms with van der Waals surface area (Å²) in [5.74, 6) is -0.174. The number of piperazine rings is 2. The van der Waals surface area contributed by atoms with Gasteiger partial charge in [0.05, 0.1) is 6.04 Å². The highest BCUT2D eigenvalue weighted by Gasteiger charge is 2.33. The highest BCUT2D eigenvalue weighted by molar-refractivity contribution is 6.30. The van der Waals surface area contributed by atoms with E-state index in [-0.39, 0.29) is 17.9 Å². The van der Waals surface area contributed by atoms with Gasteiger partial charge in [-0.05, 0) is 60.7 Å². The van der Waals surface area contributed by atoms with Crippen LogP contribution < -0.4 is 20.9 Å². The Morgan fingerprint density at radius 2 is 1.62 bits per heavy atom. The number of carbonyl (C=O) groups is 2. The lowest BCUT2D eigenvalue weighted by molar-refractivity contribution is -0.137. The van der Waals surface area contributed by atoms with Crippen LogP contribution in [0.2, 0.25) is 5.02 Å². The predicted molar refractivity (Wildman–Crippen MR) is 180 cm³/mol. The first-order valence-electron chi connectivity index (χ1n) is 16.3. The number of amides is 2. The molecule has 3 heterocycles. The third-order valence-electron chi connectivity index (χ3n) is 9.56. The maximum absolute atomic E-state index is 14.1. The van der Waals surface area contributed by atoms with Crippen LogP contribution in [0.4, 0.5) is 5.69 Å². The Hall–Kier alpha value is -3.43. The zero-order valence-corrected chi connectivity index (χ0v) is 27.1. The molecule has 2 amide bonds. The van der Waals surface area contributed by atoms with Crippen LogP contribution in [0.5, 0.6) is 0 Å². The van der Waals surface area contributed by atoms with Crippen molar-refractivity contribution >= 4 is 29.1 Å². The third-order valence-corrected chi connectivity index (χ3v) is 9.81. The summed E-state index contributed by atoms with van der Waals surface area (Å²) in [6.07, 6.45) is 1.02. The minimum Gasteiger partial charge on any atom is -0.368 e. The molecule has 2 saturated heterocycles. The molecule has 4 atom stereocenters. The summed E-state index contributed by atoms with van der Waals surface area (Å²) in [5, 5.41) is 10.7. The van der Waals surface area contributed by atoms with Gasteiger partial charge in [-0.3, -0.25) is 14.5 Å². The van der Waals surface area contributed by atoms with Crippen LogP contribution in [-0.2, 0) is 35.5 Å². The predicted octanol–water partition coefficient (Wildman–Crippen LogP) is 3.61. The van der Waals surface area contributed by atoms with Crippen LogP contribution in [0.25, 0.3) is 0 Å². The molecule has 3 aromatic rings. The number of hydrogen-bond donors (Lipinski definition) is 3. The molecule has 0 spiro atoms. The van der Waals surface area contributed by atoms with Crippen LogP contribution in [0.3, 0.4) is 0 Å². The molecular formula is C36H45ClN6O2. The monoisotopic (exact) mass is 628 g/mol. The molecule has 0 aromatic heterocycles.